The van der Waals surface area contributed by atoms with Crippen LogP contribution in [0.4, 0.5) is 0 Å². The molecule has 1 unspecified atom stereocenters. The van der Waals surface area contributed by atoms with Crippen LogP contribution in [0.3, 0.4) is 0 Å². The molecule has 1 fully saturated rings. The van der Waals surface area contributed by atoms with E-state index in [-0.39, 0.29) is 48.7 Å². The summed E-state index contributed by atoms with van der Waals surface area (Å²) in [6.07, 6.45) is 9.25. The molecule has 5 atom stereocenters. The molecule has 380 valence electrons. The van der Waals surface area contributed by atoms with Gasteiger partial charge >= 0.3 is 11.9 Å². The van der Waals surface area contributed by atoms with E-state index in [9.17, 15) is 39.0 Å². The van der Waals surface area contributed by atoms with Crippen molar-refractivity contribution in [1.29, 1.82) is 0 Å². The average Bonchev–Trinajstić information content (AvgIpc) is 3.36. The molecule has 4 aromatic carbocycles. The molecule has 4 heterocycles. The number of likely N-dealkylation sites (tertiary alicyclic amines) is 1. The molecule has 12 nitrogen and oxygen atoms in total. The summed E-state index contributed by atoms with van der Waals surface area (Å²) in [6.45, 7) is 12.6. The minimum Gasteiger partial charge on any atom is -0.481 e. The van der Waals surface area contributed by atoms with Gasteiger partial charge in [-0.3, -0.25) is 38.7 Å². The highest BCUT2D eigenvalue weighted by atomic mass is 16.4. The Kier molecular flexibility index (Phi) is 17.8. The normalized spacial score (nSPS) is 15.0. The number of amides is 1. The van der Waals surface area contributed by atoms with E-state index < -0.39 is 35.9 Å². The second-order valence-electron chi connectivity index (χ2n) is 19.7. The van der Waals surface area contributed by atoms with Gasteiger partial charge in [0.2, 0.25) is 5.91 Å². The molecule has 0 spiro atoms. The fourth-order valence-corrected chi connectivity index (χ4v) is 10.3. The lowest BCUT2D eigenvalue weighted by Gasteiger charge is -2.37. The Morgan fingerprint density at radius 2 is 1.00 bits per heavy atom. The summed E-state index contributed by atoms with van der Waals surface area (Å²) in [5, 5.41) is 19.4. The predicted octanol–water partition coefficient (Wildman–Crippen LogP) is 11.5. The first-order valence-corrected chi connectivity index (χ1v) is 25.1. The summed E-state index contributed by atoms with van der Waals surface area (Å²) >= 11 is 0. The van der Waals surface area contributed by atoms with Crippen LogP contribution in [-0.4, -0.2) is 65.6 Å². The predicted molar refractivity (Wildman–Crippen MR) is 287 cm³/mol. The van der Waals surface area contributed by atoms with Gasteiger partial charge in [0.25, 0.3) is 5.56 Å². The van der Waals surface area contributed by atoms with Crippen LogP contribution in [0, 0.1) is 40.5 Å². The van der Waals surface area contributed by atoms with Crippen molar-refractivity contribution in [2.75, 3.05) is 6.54 Å². The van der Waals surface area contributed by atoms with Gasteiger partial charge in [-0.1, -0.05) is 110 Å². The number of ketones is 2. The number of Topliss-reactive ketones (excluding diaryl/α,β-unsaturated/α-hetero) is 2. The van der Waals surface area contributed by atoms with Crippen LogP contribution in [0.15, 0.2) is 157 Å². The number of carboxylic acids is 2. The molecular weight excluding hydrogens is 929 g/mol. The Bertz CT molecular complexity index is 3160. The van der Waals surface area contributed by atoms with Crippen molar-refractivity contribution in [3.05, 3.63) is 213 Å². The lowest BCUT2D eigenvalue weighted by molar-refractivity contribution is -0.144. The summed E-state index contributed by atoms with van der Waals surface area (Å²) in [5.41, 5.74) is 11.7. The van der Waals surface area contributed by atoms with Crippen molar-refractivity contribution in [3.8, 4) is 22.3 Å². The van der Waals surface area contributed by atoms with Crippen LogP contribution in [0.1, 0.15) is 119 Å². The molecule has 1 saturated heterocycles. The van der Waals surface area contributed by atoms with E-state index in [1.165, 1.54) is 10.6 Å². The number of carbonyl (C=O) groups excluding carboxylic acids is 3. The molecule has 0 aliphatic carbocycles. The van der Waals surface area contributed by atoms with Gasteiger partial charge in [0, 0.05) is 85.8 Å². The molecule has 0 saturated carbocycles. The van der Waals surface area contributed by atoms with Gasteiger partial charge in [0.1, 0.15) is 12.1 Å². The molecule has 1 aliphatic heterocycles. The molecule has 8 rings (SSSR count). The average molecular weight is 993 g/mol. The molecule has 1 amide bonds. The molecule has 0 radical (unpaired) electrons. The molecule has 2 N–H and O–H groups in total. The summed E-state index contributed by atoms with van der Waals surface area (Å²) in [5.74, 6) is -3.27. The maximum atomic E-state index is 13.9. The third-order valence-electron chi connectivity index (χ3n) is 13.9. The third kappa shape index (κ3) is 13.3. The first kappa shape index (κ1) is 53.7. The Hall–Kier alpha value is -8.12. The maximum Gasteiger partial charge on any atom is 0.303 e. The van der Waals surface area contributed by atoms with Crippen LogP contribution in [-0.2, 0) is 24.0 Å². The smallest absolute Gasteiger partial charge is 0.303 e. The molecule has 7 aromatic rings. The molecule has 1 aliphatic rings. The summed E-state index contributed by atoms with van der Waals surface area (Å²) in [7, 11) is 0. The Morgan fingerprint density at radius 3 is 1.46 bits per heavy atom. The number of benzene rings is 4. The summed E-state index contributed by atoms with van der Waals surface area (Å²) < 4.78 is 1.44. The van der Waals surface area contributed by atoms with Gasteiger partial charge in [-0.15, -0.1) is 0 Å². The molecular formula is C62H64N4O8. The largest absolute Gasteiger partial charge is 0.481 e. The number of aryl methyl sites for hydroxylation is 5. The highest BCUT2D eigenvalue weighted by molar-refractivity contribution is 5.91. The number of carboxylic acid groups (broad SMARTS) is 2. The number of rotatable bonds is 18. The summed E-state index contributed by atoms with van der Waals surface area (Å²) in [6, 6.07) is 36.0. The molecule has 12 heteroatoms. The van der Waals surface area contributed by atoms with Crippen molar-refractivity contribution in [1.82, 2.24) is 19.4 Å². The highest BCUT2D eigenvalue weighted by Crippen LogP contribution is 2.37. The van der Waals surface area contributed by atoms with Gasteiger partial charge in [-0.25, -0.2) is 0 Å². The number of carbonyl (C=O) groups is 5. The minimum absolute atomic E-state index is 0.00189. The van der Waals surface area contributed by atoms with Crippen molar-refractivity contribution in [2.45, 2.75) is 104 Å². The second kappa shape index (κ2) is 24.5. The van der Waals surface area contributed by atoms with Crippen molar-refractivity contribution >= 4 is 29.4 Å². The minimum atomic E-state index is -1.00. The number of aromatic nitrogens is 3. The van der Waals surface area contributed by atoms with Crippen LogP contribution in [0.2, 0.25) is 0 Å². The van der Waals surface area contributed by atoms with Gasteiger partial charge in [0.05, 0.1) is 12.8 Å². The number of pyridine rings is 3. The van der Waals surface area contributed by atoms with Crippen LogP contribution in [0.25, 0.3) is 22.3 Å². The third-order valence-corrected chi connectivity index (χ3v) is 13.9. The van der Waals surface area contributed by atoms with E-state index in [0.29, 0.717) is 35.6 Å². The number of piperidine rings is 1. The lowest BCUT2D eigenvalue weighted by atomic mass is 9.85. The Labute approximate surface area is 432 Å². The zero-order valence-electron chi connectivity index (χ0n) is 42.9. The van der Waals surface area contributed by atoms with Crippen LogP contribution >= 0.6 is 0 Å². The number of aliphatic carboxylic acids is 2. The summed E-state index contributed by atoms with van der Waals surface area (Å²) in [4.78, 5) is 87.7. The van der Waals surface area contributed by atoms with Crippen molar-refractivity contribution in [3.63, 3.8) is 0 Å². The van der Waals surface area contributed by atoms with Crippen LogP contribution < -0.4 is 5.56 Å². The number of hydrogen-bond donors (Lipinski definition) is 2. The first-order chi connectivity index (χ1) is 35.5. The SMILES string of the molecule is Cc1ccc(=O)n([C@H](C(=O)C[C@@H](CC(=O)O)c2cncc(-c3c(C)cccc3C)c2)c2ccccc2)c1.Cc1cccc(C)c1-c1cncc([C@H](CC(=O)O)CC(=O)[C@H](c2ccccc2)N2CC(C)CCC2=O)c1. The standard InChI is InChI=1S/C31H34N2O4.C31H30N2O4/c2*1-20-12-13-28(35)33(19-20)31(23-10-5-4-6-11-23)27(34)15-24(16-29(36)37)25-14-26(18-32-17-25)30-21(2)8-7-9-22(30)3/h4-11,14,17-18,20,24,31H,12-13,15-16,19H2,1-3H3,(H,36,37);4-14,17-19,24,31H,15-16H2,1-3H3,(H,36,37)/t20?,24-,31-;24-,31-/m00/s1. The molecule has 0 bridgehead atoms. The van der Waals surface area contributed by atoms with Gasteiger partial charge < -0.3 is 19.7 Å². The topological polar surface area (TPSA) is 177 Å². The van der Waals surface area contributed by atoms with E-state index in [2.05, 4.69) is 16.9 Å². The van der Waals surface area contributed by atoms with Gasteiger partial charge in [0.15, 0.2) is 11.6 Å². The maximum absolute atomic E-state index is 13.9. The molecule has 74 heavy (non-hydrogen) atoms. The fraction of sp³-hybridized carbons (Fsp3) is 0.290. The second-order valence-corrected chi connectivity index (χ2v) is 19.7. The fourth-order valence-electron chi connectivity index (χ4n) is 10.3. The van der Waals surface area contributed by atoms with Gasteiger partial charge in [-0.2, -0.15) is 0 Å². The first-order valence-electron chi connectivity index (χ1n) is 25.1. The quantitative estimate of drug-likeness (QED) is 0.0841. The Balaban J connectivity index is 0.000000216. The Morgan fingerprint density at radius 1 is 0.554 bits per heavy atom. The molecule has 3 aromatic heterocycles. The van der Waals surface area contributed by atoms with E-state index in [1.54, 1.807) is 42.0 Å². The zero-order valence-corrected chi connectivity index (χ0v) is 42.9. The van der Waals surface area contributed by atoms with E-state index in [4.69, 9.17) is 0 Å². The highest BCUT2D eigenvalue weighted by Gasteiger charge is 2.36. The van der Waals surface area contributed by atoms with E-state index in [1.807, 2.05) is 144 Å². The number of hydrogen-bond acceptors (Lipinski definition) is 8. The number of nitrogens with zero attached hydrogens (tertiary/aromatic N) is 4. The van der Waals surface area contributed by atoms with Crippen molar-refractivity contribution in [2.24, 2.45) is 5.92 Å². The van der Waals surface area contributed by atoms with E-state index >= 15 is 0 Å². The van der Waals surface area contributed by atoms with Crippen molar-refractivity contribution < 1.29 is 34.2 Å². The lowest BCUT2D eigenvalue weighted by Crippen LogP contribution is -2.44. The van der Waals surface area contributed by atoms with E-state index in [0.717, 1.165) is 62.1 Å². The zero-order chi connectivity index (χ0) is 53.1. The van der Waals surface area contributed by atoms with Gasteiger partial charge in [-0.05, 0) is 120 Å². The monoisotopic (exact) mass is 992 g/mol. The van der Waals surface area contributed by atoms with Crippen LogP contribution in [0.5, 0.6) is 0 Å².